The van der Waals surface area contributed by atoms with Gasteiger partial charge >= 0.3 is 5.97 Å². The van der Waals surface area contributed by atoms with E-state index in [2.05, 4.69) is 0 Å². The van der Waals surface area contributed by atoms with E-state index in [4.69, 9.17) is 14.6 Å². The van der Waals surface area contributed by atoms with Crippen molar-refractivity contribution < 1.29 is 19.4 Å². The van der Waals surface area contributed by atoms with Gasteiger partial charge in [-0.3, -0.25) is 0 Å². The van der Waals surface area contributed by atoms with Crippen LogP contribution in [0.4, 0.5) is 0 Å². The van der Waals surface area contributed by atoms with E-state index in [-0.39, 0.29) is 12.9 Å². The van der Waals surface area contributed by atoms with E-state index in [1.54, 1.807) is 0 Å². The average Bonchev–Trinajstić information content (AvgIpc) is 2.75. The first-order chi connectivity index (χ1) is 6.27. The molecule has 13 heavy (non-hydrogen) atoms. The predicted molar refractivity (Wildman–Crippen MR) is 44.2 cm³/mol. The molecule has 0 aromatic carbocycles. The first kappa shape index (κ1) is 8.97. The highest BCUT2D eigenvalue weighted by molar-refractivity contribution is 5.72. The molecule has 0 bridgehead atoms. The maximum absolute atomic E-state index is 10.6. The van der Waals surface area contributed by atoms with E-state index in [9.17, 15) is 4.79 Å². The minimum atomic E-state index is -0.916. The van der Waals surface area contributed by atoms with Gasteiger partial charge in [-0.2, -0.15) is 0 Å². The molecule has 74 valence electrons. The van der Waals surface area contributed by atoms with Crippen LogP contribution in [-0.4, -0.2) is 30.1 Å². The van der Waals surface area contributed by atoms with Gasteiger partial charge in [-0.1, -0.05) is 12.8 Å². The maximum atomic E-state index is 10.6. The van der Waals surface area contributed by atoms with Crippen molar-refractivity contribution in [2.45, 2.75) is 38.1 Å². The second-order valence-corrected chi connectivity index (χ2v) is 3.71. The molecule has 1 saturated carbocycles. The summed E-state index contributed by atoms with van der Waals surface area (Å²) in [5.74, 6) is -0.496. The monoisotopic (exact) mass is 186 g/mol. The Balaban J connectivity index is 1.86. The lowest BCUT2D eigenvalue weighted by Crippen LogP contribution is -2.25. The minimum absolute atomic E-state index is 0.205. The number of hydrogen-bond acceptors (Lipinski definition) is 3. The second kappa shape index (κ2) is 3.64. The molecule has 2 fully saturated rings. The van der Waals surface area contributed by atoms with Gasteiger partial charge in [0.25, 0.3) is 0 Å². The van der Waals surface area contributed by atoms with E-state index < -0.39 is 12.1 Å². The highest BCUT2D eigenvalue weighted by atomic mass is 16.7. The van der Waals surface area contributed by atoms with Crippen molar-refractivity contribution in [1.82, 2.24) is 0 Å². The highest BCUT2D eigenvalue weighted by Crippen LogP contribution is 2.32. The fourth-order valence-corrected chi connectivity index (χ4v) is 2.03. The lowest BCUT2D eigenvalue weighted by atomic mass is 10.1. The standard InChI is InChI=1S/C9H14O4/c10-8(11)7-5-12-9(13-7)6-3-1-2-4-6/h6-7,9H,1-5H2,(H,10,11). The largest absolute Gasteiger partial charge is 0.479 e. The molecule has 1 aliphatic carbocycles. The lowest BCUT2D eigenvalue weighted by molar-refractivity contribution is -0.153. The van der Waals surface area contributed by atoms with Crippen molar-refractivity contribution in [2.24, 2.45) is 5.92 Å². The number of carboxylic acids is 1. The van der Waals surface area contributed by atoms with Crippen LogP contribution in [0.5, 0.6) is 0 Å². The summed E-state index contributed by atoms with van der Waals surface area (Å²) in [7, 11) is 0. The summed E-state index contributed by atoms with van der Waals surface area (Å²) < 4.78 is 10.6. The molecule has 2 aliphatic rings. The van der Waals surface area contributed by atoms with E-state index in [1.807, 2.05) is 0 Å². The molecule has 2 rings (SSSR count). The maximum Gasteiger partial charge on any atom is 0.335 e. The molecule has 2 unspecified atom stereocenters. The number of hydrogen-bond donors (Lipinski definition) is 1. The highest BCUT2D eigenvalue weighted by Gasteiger charge is 2.37. The van der Waals surface area contributed by atoms with Crippen LogP contribution in [0.1, 0.15) is 25.7 Å². The molecule has 1 saturated heterocycles. The Hall–Kier alpha value is -0.610. The Morgan fingerprint density at radius 1 is 1.31 bits per heavy atom. The van der Waals surface area contributed by atoms with Crippen LogP contribution in [0.2, 0.25) is 0 Å². The third kappa shape index (κ3) is 1.84. The zero-order valence-corrected chi connectivity index (χ0v) is 7.44. The van der Waals surface area contributed by atoms with Gasteiger partial charge in [0.2, 0.25) is 0 Å². The Labute approximate surface area is 76.8 Å². The van der Waals surface area contributed by atoms with Gasteiger partial charge in [-0.15, -0.1) is 0 Å². The fourth-order valence-electron chi connectivity index (χ4n) is 2.03. The Morgan fingerprint density at radius 3 is 2.54 bits per heavy atom. The van der Waals surface area contributed by atoms with Crippen molar-refractivity contribution >= 4 is 5.97 Å². The summed E-state index contributed by atoms with van der Waals surface area (Å²) in [4.78, 5) is 10.6. The first-order valence-corrected chi connectivity index (χ1v) is 4.77. The summed E-state index contributed by atoms with van der Waals surface area (Å²) in [5.41, 5.74) is 0. The van der Waals surface area contributed by atoms with Gasteiger partial charge in [-0.25, -0.2) is 4.79 Å². The summed E-state index contributed by atoms with van der Waals surface area (Å²) in [6.07, 6.45) is 3.64. The molecule has 0 amide bonds. The molecule has 1 heterocycles. The van der Waals surface area contributed by atoms with Crippen LogP contribution in [-0.2, 0) is 14.3 Å². The number of ether oxygens (including phenoxy) is 2. The number of carbonyl (C=O) groups is 1. The molecule has 1 N–H and O–H groups in total. The topological polar surface area (TPSA) is 55.8 Å². The van der Waals surface area contributed by atoms with Gasteiger partial charge in [-0.05, 0) is 12.8 Å². The number of aliphatic carboxylic acids is 1. The molecule has 0 spiro atoms. The predicted octanol–water partition coefficient (Wildman–Crippen LogP) is 1.00. The molecular weight excluding hydrogens is 172 g/mol. The van der Waals surface area contributed by atoms with Crippen molar-refractivity contribution in [3.05, 3.63) is 0 Å². The molecule has 1 aliphatic heterocycles. The summed E-state index contributed by atoms with van der Waals surface area (Å²) in [6, 6.07) is 0. The minimum Gasteiger partial charge on any atom is -0.479 e. The van der Waals surface area contributed by atoms with E-state index >= 15 is 0 Å². The van der Waals surface area contributed by atoms with Gasteiger partial charge in [0.05, 0.1) is 6.61 Å². The van der Waals surface area contributed by atoms with Crippen molar-refractivity contribution in [3.63, 3.8) is 0 Å². The summed E-state index contributed by atoms with van der Waals surface area (Å²) >= 11 is 0. The lowest BCUT2D eigenvalue weighted by Gasteiger charge is -2.16. The molecule has 4 heteroatoms. The van der Waals surface area contributed by atoms with Crippen LogP contribution < -0.4 is 0 Å². The van der Waals surface area contributed by atoms with Crippen molar-refractivity contribution in [2.75, 3.05) is 6.61 Å². The van der Waals surface area contributed by atoms with Gasteiger partial charge in [0, 0.05) is 5.92 Å². The van der Waals surface area contributed by atoms with Crippen LogP contribution in [0.15, 0.2) is 0 Å². The Bertz CT molecular complexity index is 198. The van der Waals surface area contributed by atoms with Gasteiger partial charge in [0.15, 0.2) is 12.4 Å². The summed E-state index contributed by atoms with van der Waals surface area (Å²) in [5, 5.41) is 8.67. The number of carboxylic acid groups (broad SMARTS) is 1. The molecular formula is C9H14O4. The van der Waals surface area contributed by atoms with E-state index in [0.717, 1.165) is 12.8 Å². The smallest absolute Gasteiger partial charge is 0.335 e. The van der Waals surface area contributed by atoms with Crippen molar-refractivity contribution in [1.29, 1.82) is 0 Å². The Kier molecular flexibility index (Phi) is 2.51. The molecule has 2 atom stereocenters. The normalized spacial score (nSPS) is 35.4. The summed E-state index contributed by atoms with van der Waals surface area (Å²) in [6.45, 7) is 0.205. The van der Waals surface area contributed by atoms with Crippen LogP contribution in [0.3, 0.4) is 0 Å². The fraction of sp³-hybridized carbons (Fsp3) is 0.889. The van der Waals surface area contributed by atoms with Crippen LogP contribution >= 0.6 is 0 Å². The third-order valence-electron chi connectivity index (χ3n) is 2.77. The van der Waals surface area contributed by atoms with Crippen LogP contribution in [0, 0.1) is 5.92 Å². The zero-order valence-electron chi connectivity index (χ0n) is 7.44. The zero-order chi connectivity index (χ0) is 9.26. The third-order valence-corrected chi connectivity index (χ3v) is 2.77. The SMILES string of the molecule is O=C(O)C1COC(C2CCCC2)O1. The molecule has 4 nitrogen and oxygen atoms in total. The van der Waals surface area contributed by atoms with Gasteiger partial charge in [0.1, 0.15) is 0 Å². The first-order valence-electron chi connectivity index (χ1n) is 4.77. The van der Waals surface area contributed by atoms with Gasteiger partial charge < -0.3 is 14.6 Å². The van der Waals surface area contributed by atoms with Crippen molar-refractivity contribution in [3.8, 4) is 0 Å². The van der Waals surface area contributed by atoms with E-state index in [1.165, 1.54) is 12.8 Å². The molecule has 0 aromatic rings. The van der Waals surface area contributed by atoms with Crippen LogP contribution in [0.25, 0.3) is 0 Å². The second-order valence-electron chi connectivity index (χ2n) is 3.71. The molecule has 0 radical (unpaired) electrons. The Morgan fingerprint density at radius 2 is 2.00 bits per heavy atom. The quantitative estimate of drug-likeness (QED) is 0.699. The van der Waals surface area contributed by atoms with E-state index in [0.29, 0.717) is 5.92 Å². The number of rotatable bonds is 2. The average molecular weight is 186 g/mol. The molecule has 0 aromatic heterocycles.